The van der Waals surface area contributed by atoms with Crippen molar-refractivity contribution in [2.24, 2.45) is 5.73 Å². The zero-order chi connectivity index (χ0) is 18.6. The van der Waals surface area contributed by atoms with Crippen molar-refractivity contribution in [3.8, 4) is 0 Å². The average Bonchev–Trinajstić information content (AvgIpc) is 2.59. The normalized spacial score (nSPS) is 10.8. The summed E-state index contributed by atoms with van der Waals surface area (Å²) in [4.78, 5) is 22.0. The maximum atomic E-state index is 11.4. The van der Waals surface area contributed by atoms with E-state index < -0.39 is 0 Å². The number of carbonyl (C=O) groups is 2. The van der Waals surface area contributed by atoms with E-state index in [9.17, 15) is 9.59 Å². The van der Waals surface area contributed by atoms with Gasteiger partial charge in [0, 0.05) is 19.4 Å². The van der Waals surface area contributed by atoms with E-state index in [4.69, 9.17) is 5.73 Å². The summed E-state index contributed by atoms with van der Waals surface area (Å²) in [6, 6.07) is 0. The zero-order valence-electron chi connectivity index (χ0n) is 16.6. The van der Waals surface area contributed by atoms with Crippen molar-refractivity contribution in [3.05, 3.63) is 0 Å². The monoisotopic (exact) mass is 354 g/mol. The standard InChI is InChI=1S/C21H42N2O2/c1-2-19-23-21(25)18-16-14-12-10-8-6-4-3-5-7-9-11-13-15-17-20(22)24/h2-19H2,1H3,(H2,22,24)(H,23,25). The highest BCUT2D eigenvalue weighted by molar-refractivity contribution is 5.75. The van der Waals surface area contributed by atoms with Crippen LogP contribution < -0.4 is 11.1 Å². The topological polar surface area (TPSA) is 72.2 Å². The molecule has 0 fully saturated rings. The number of hydrogen-bond donors (Lipinski definition) is 2. The Balaban J connectivity index is 3.07. The fourth-order valence-corrected chi connectivity index (χ4v) is 3.06. The minimum Gasteiger partial charge on any atom is -0.370 e. The molecule has 0 aromatic carbocycles. The number of rotatable bonds is 19. The van der Waals surface area contributed by atoms with Gasteiger partial charge in [0.05, 0.1) is 0 Å². The molecule has 0 spiro atoms. The molecular formula is C21H42N2O2. The molecule has 0 bridgehead atoms. The van der Waals surface area contributed by atoms with E-state index in [0.29, 0.717) is 12.8 Å². The molecule has 0 rings (SSSR count). The van der Waals surface area contributed by atoms with E-state index in [2.05, 4.69) is 12.2 Å². The third-order valence-electron chi connectivity index (χ3n) is 4.65. The Morgan fingerprint density at radius 3 is 1.36 bits per heavy atom. The molecular weight excluding hydrogens is 312 g/mol. The lowest BCUT2D eigenvalue weighted by molar-refractivity contribution is -0.121. The van der Waals surface area contributed by atoms with Crippen LogP contribution in [0.5, 0.6) is 0 Å². The van der Waals surface area contributed by atoms with Gasteiger partial charge in [0.2, 0.25) is 11.8 Å². The fourth-order valence-electron chi connectivity index (χ4n) is 3.06. The number of nitrogens with one attached hydrogen (secondary N) is 1. The van der Waals surface area contributed by atoms with Gasteiger partial charge in [-0.1, -0.05) is 84.0 Å². The highest BCUT2D eigenvalue weighted by atomic mass is 16.1. The van der Waals surface area contributed by atoms with Crippen LogP contribution in [0.2, 0.25) is 0 Å². The van der Waals surface area contributed by atoms with Gasteiger partial charge in [-0.25, -0.2) is 0 Å². The number of hydrogen-bond acceptors (Lipinski definition) is 2. The molecule has 148 valence electrons. The molecule has 0 unspecified atom stereocenters. The van der Waals surface area contributed by atoms with Crippen LogP contribution in [0.1, 0.15) is 116 Å². The molecule has 4 heteroatoms. The van der Waals surface area contributed by atoms with Crippen molar-refractivity contribution < 1.29 is 9.59 Å². The highest BCUT2D eigenvalue weighted by Gasteiger charge is 1.99. The minimum atomic E-state index is -0.169. The lowest BCUT2D eigenvalue weighted by atomic mass is 10.0. The number of carbonyl (C=O) groups excluding carboxylic acids is 2. The second-order valence-corrected chi connectivity index (χ2v) is 7.27. The van der Waals surface area contributed by atoms with E-state index in [-0.39, 0.29) is 11.8 Å². The average molecular weight is 355 g/mol. The Bertz CT molecular complexity index is 319. The maximum Gasteiger partial charge on any atom is 0.219 e. The van der Waals surface area contributed by atoms with Gasteiger partial charge in [-0.05, 0) is 19.3 Å². The minimum absolute atomic E-state index is 0.169. The lowest BCUT2D eigenvalue weighted by Gasteiger charge is -2.04. The van der Waals surface area contributed by atoms with Crippen molar-refractivity contribution >= 4 is 11.8 Å². The van der Waals surface area contributed by atoms with E-state index >= 15 is 0 Å². The number of nitrogens with two attached hydrogens (primary N) is 1. The zero-order valence-corrected chi connectivity index (χ0v) is 16.6. The largest absolute Gasteiger partial charge is 0.370 e. The summed E-state index contributed by atoms with van der Waals surface area (Å²) in [6.45, 7) is 2.89. The summed E-state index contributed by atoms with van der Waals surface area (Å²) in [5.74, 6) is 0.0483. The van der Waals surface area contributed by atoms with Crippen LogP contribution in [0.15, 0.2) is 0 Å². The molecule has 2 amide bonds. The molecule has 0 aromatic rings. The molecule has 0 aliphatic carbocycles. The Morgan fingerprint density at radius 2 is 1.00 bits per heavy atom. The highest BCUT2D eigenvalue weighted by Crippen LogP contribution is 2.13. The Labute approximate surface area is 155 Å². The molecule has 4 nitrogen and oxygen atoms in total. The third kappa shape index (κ3) is 20.9. The van der Waals surface area contributed by atoms with Crippen LogP contribution in [-0.2, 0) is 9.59 Å². The van der Waals surface area contributed by atoms with Crippen molar-refractivity contribution in [1.82, 2.24) is 5.32 Å². The molecule has 0 aliphatic rings. The molecule has 0 aromatic heterocycles. The SMILES string of the molecule is CCCNC(=O)CCCCCCCCCCCCCCCCC(N)=O. The van der Waals surface area contributed by atoms with E-state index in [1.807, 2.05) is 0 Å². The molecule has 0 saturated carbocycles. The van der Waals surface area contributed by atoms with Crippen molar-refractivity contribution in [2.45, 2.75) is 116 Å². The molecule has 0 heterocycles. The van der Waals surface area contributed by atoms with Gasteiger partial charge in [-0.2, -0.15) is 0 Å². The predicted octanol–water partition coefficient (Wildman–Crippen LogP) is 5.24. The van der Waals surface area contributed by atoms with Crippen LogP contribution in [0.3, 0.4) is 0 Å². The molecule has 25 heavy (non-hydrogen) atoms. The second-order valence-electron chi connectivity index (χ2n) is 7.27. The van der Waals surface area contributed by atoms with Crippen LogP contribution >= 0.6 is 0 Å². The van der Waals surface area contributed by atoms with Gasteiger partial charge >= 0.3 is 0 Å². The van der Waals surface area contributed by atoms with Crippen LogP contribution in [0.25, 0.3) is 0 Å². The van der Waals surface area contributed by atoms with Crippen LogP contribution in [0.4, 0.5) is 0 Å². The van der Waals surface area contributed by atoms with Crippen molar-refractivity contribution in [1.29, 1.82) is 0 Å². The third-order valence-corrected chi connectivity index (χ3v) is 4.65. The first-order valence-electron chi connectivity index (χ1n) is 10.7. The first-order valence-corrected chi connectivity index (χ1v) is 10.7. The van der Waals surface area contributed by atoms with Gasteiger partial charge in [-0.3, -0.25) is 9.59 Å². The smallest absolute Gasteiger partial charge is 0.219 e. The van der Waals surface area contributed by atoms with E-state index in [0.717, 1.165) is 32.2 Å². The molecule has 0 aliphatic heterocycles. The van der Waals surface area contributed by atoms with Gasteiger partial charge in [0.25, 0.3) is 0 Å². The first kappa shape index (κ1) is 23.9. The van der Waals surface area contributed by atoms with Crippen molar-refractivity contribution in [2.75, 3.05) is 6.54 Å². The molecule has 3 N–H and O–H groups in total. The summed E-state index contributed by atoms with van der Waals surface area (Å²) < 4.78 is 0. The van der Waals surface area contributed by atoms with Gasteiger partial charge in [0.1, 0.15) is 0 Å². The fraction of sp³-hybridized carbons (Fsp3) is 0.905. The van der Waals surface area contributed by atoms with Gasteiger partial charge in [-0.15, -0.1) is 0 Å². The number of unbranched alkanes of at least 4 members (excludes halogenated alkanes) is 13. The quantitative estimate of drug-likeness (QED) is 0.311. The van der Waals surface area contributed by atoms with E-state index in [1.165, 1.54) is 70.6 Å². The van der Waals surface area contributed by atoms with Crippen LogP contribution in [-0.4, -0.2) is 18.4 Å². The Morgan fingerprint density at radius 1 is 0.640 bits per heavy atom. The van der Waals surface area contributed by atoms with Crippen molar-refractivity contribution in [3.63, 3.8) is 0 Å². The summed E-state index contributed by atoms with van der Waals surface area (Å²) in [6.07, 6.45) is 19.8. The summed E-state index contributed by atoms with van der Waals surface area (Å²) in [5, 5.41) is 2.93. The Hall–Kier alpha value is -1.06. The summed E-state index contributed by atoms with van der Waals surface area (Å²) in [5.41, 5.74) is 5.12. The Kier molecular flexibility index (Phi) is 18.5. The number of primary amides is 1. The van der Waals surface area contributed by atoms with Gasteiger partial charge < -0.3 is 11.1 Å². The summed E-state index contributed by atoms with van der Waals surface area (Å²) >= 11 is 0. The molecule has 0 atom stereocenters. The number of amides is 2. The molecule has 0 radical (unpaired) electrons. The lowest BCUT2D eigenvalue weighted by Crippen LogP contribution is -2.23. The maximum absolute atomic E-state index is 11.4. The summed E-state index contributed by atoms with van der Waals surface area (Å²) in [7, 11) is 0. The van der Waals surface area contributed by atoms with E-state index in [1.54, 1.807) is 0 Å². The molecule has 0 saturated heterocycles. The van der Waals surface area contributed by atoms with Gasteiger partial charge in [0.15, 0.2) is 0 Å². The first-order chi connectivity index (χ1) is 12.2. The second kappa shape index (κ2) is 19.3. The predicted molar refractivity (Wildman–Crippen MR) is 106 cm³/mol. The van der Waals surface area contributed by atoms with Crippen LogP contribution in [0, 0.1) is 0 Å².